The Hall–Kier alpha value is -1.55. The van der Waals surface area contributed by atoms with Gasteiger partial charge in [-0.25, -0.2) is 0 Å². The quantitative estimate of drug-likeness (QED) is 0.689. The van der Waals surface area contributed by atoms with E-state index < -0.39 is 5.91 Å². The number of primary amides is 1. The molecule has 0 aliphatic carbocycles. The van der Waals surface area contributed by atoms with Crippen LogP contribution in [0.2, 0.25) is 0 Å². The maximum Gasteiger partial charge on any atom is 0.255 e. The molecule has 4 nitrogen and oxygen atoms in total. The highest BCUT2D eigenvalue weighted by atomic mass is 16.5. The van der Waals surface area contributed by atoms with E-state index in [1.807, 2.05) is 0 Å². The minimum absolute atomic E-state index is 0.0478. The lowest BCUT2D eigenvalue weighted by molar-refractivity contribution is -0.119. The topological polar surface area (TPSA) is 72.6 Å². The molecule has 0 atom stereocenters. The zero-order chi connectivity index (χ0) is 9.68. The first kappa shape index (κ1) is 9.54. The summed E-state index contributed by atoms with van der Waals surface area (Å²) in [6.45, 7) is -0.192. The van der Waals surface area contributed by atoms with Crippen molar-refractivity contribution in [3.8, 4) is 5.75 Å². The van der Waals surface area contributed by atoms with Gasteiger partial charge in [0.25, 0.3) is 5.91 Å². The number of hydrogen-bond donors (Lipinski definition) is 2. The molecule has 13 heavy (non-hydrogen) atoms. The lowest BCUT2D eigenvalue weighted by Gasteiger charge is -2.04. The van der Waals surface area contributed by atoms with E-state index in [4.69, 9.17) is 15.6 Å². The summed E-state index contributed by atoms with van der Waals surface area (Å²) in [5.74, 6) is 0.0137. The first-order chi connectivity index (χ1) is 6.22. The number of amides is 1. The van der Waals surface area contributed by atoms with Gasteiger partial charge in [-0.15, -0.1) is 0 Å². The molecule has 0 aromatic heterocycles. The standard InChI is InChI=1S/C9H11NO3/c10-9(12)6-13-8-3-1-2-7(4-8)5-11/h1-4,11H,5-6H2,(H2,10,12). The van der Waals surface area contributed by atoms with Crippen LogP contribution in [0.3, 0.4) is 0 Å². The number of aliphatic hydroxyl groups excluding tert-OH is 1. The van der Waals surface area contributed by atoms with Crippen molar-refractivity contribution in [1.82, 2.24) is 0 Å². The van der Waals surface area contributed by atoms with Crippen molar-refractivity contribution < 1.29 is 14.6 Å². The molecule has 0 spiro atoms. The molecular formula is C9H11NO3. The third kappa shape index (κ3) is 3.13. The maximum absolute atomic E-state index is 10.4. The van der Waals surface area contributed by atoms with Crippen LogP contribution >= 0.6 is 0 Å². The highest BCUT2D eigenvalue weighted by molar-refractivity contribution is 5.75. The molecule has 70 valence electrons. The molecule has 1 rings (SSSR count). The predicted octanol–water partition coefficient (Wildman–Crippen LogP) is 0.0430. The van der Waals surface area contributed by atoms with E-state index in [0.717, 1.165) is 5.56 Å². The van der Waals surface area contributed by atoms with Crippen LogP contribution in [0, 0.1) is 0 Å². The number of ether oxygens (including phenoxy) is 1. The molecule has 0 unspecified atom stereocenters. The Labute approximate surface area is 75.9 Å². The lowest BCUT2D eigenvalue weighted by atomic mass is 10.2. The second-order valence-electron chi connectivity index (χ2n) is 2.56. The van der Waals surface area contributed by atoms with Crippen molar-refractivity contribution in [3.05, 3.63) is 29.8 Å². The number of carbonyl (C=O) groups excluding carboxylic acids is 1. The van der Waals surface area contributed by atoms with Crippen molar-refractivity contribution in [2.24, 2.45) is 5.73 Å². The van der Waals surface area contributed by atoms with Crippen molar-refractivity contribution in [2.45, 2.75) is 6.61 Å². The fourth-order valence-corrected chi connectivity index (χ4v) is 0.888. The van der Waals surface area contributed by atoms with Gasteiger partial charge in [0.05, 0.1) is 6.61 Å². The van der Waals surface area contributed by atoms with Gasteiger partial charge in [-0.1, -0.05) is 12.1 Å². The van der Waals surface area contributed by atoms with Crippen LogP contribution in [0.15, 0.2) is 24.3 Å². The number of benzene rings is 1. The van der Waals surface area contributed by atoms with Gasteiger partial charge in [-0.3, -0.25) is 4.79 Å². The molecule has 1 aromatic carbocycles. The molecule has 0 saturated heterocycles. The summed E-state index contributed by atoms with van der Waals surface area (Å²) in [7, 11) is 0. The molecule has 0 fully saturated rings. The van der Waals surface area contributed by atoms with Gasteiger partial charge < -0.3 is 15.6 Å². The first-order valence-corrected chi connectivity index (χ1v) is 3.83. The third-order valence-electron chi connectivity index (χ3n) is 1.46. The van der Waals surface area contributed by atoms with Crippen LogP contribution in [-0.4, -0.2) is 17.6 Å². The molecule has 0 radical (unpaired) electrons. The Morgan fingerprint density at radius 3 is 2.92 bits per heavy atom. The molecule has 3 N–H and O–H groups in total. The fourth-order valence-electron chi connectivity index (χ4n) is 0.888. The molecule has 0 aliphatic heterocycles. The smallest absolute Gasteiger partial charge is 0.255 e. The van der Waals surface area contributed by atoms with Crippen LogP contribution < -0.4 is 10.5 Å². The molecule has 1 amide bonds. The number of aliphatic hydroxyl groups is 1. The Kier molecular flexibility index (Phi) is 3.28. The normalized spacial score (nSPS) is 9.62. The van der Waals surface area contributed by atoms with Crippen LogP contribution in [-0.2, 0) is 11.4 Å². The molecule has 0 saturated carbocycles. The largest absolute Gasteiger partial charge is 0.484 e. The van der Waals surface area contributed by atoms with Gasteiger partial charge in [0.2, 0.25) is 0 Å². The van der Waals surface area contributed by atoms with Gasteiger partial charge in [0.15, 0.2) is 6.61 Å². The summed E-state index contributed by atoms with van der Waals surface area (Å²) < 4.78 is 5.02. The van der Waals surface area contributed by atoms with Crippen molar-refractivity contribution >= 4 is 5.91 Å². The highest BCUT2D eigenvalue weighted by Gasteiger charge is 1.97. The van der Waals surface area contributed by atoms with Crippen LogP contribution in [0.25, 0.3) is 0 Å². The van der Waals surface area contributed by atoms with E-state index in [9.17, 15) is 4.79 Å². The lowest BCUT2D eigenvalue weighted by Crippen LogP contribution is -2.20. The average molecular weight is 181 g/mol. The van der Waals surface area contributed by atoms with E-state index >= 15 is 0 Å². The van der Waals surface area contributed by atoms with Gasteiger partial charge in [0, 0.05) is 0 Å². The zero-order valence-electron chi connectivity index (χ0n) is 7.06. The van der Waals surface area contributed by atoms with Gasteiger partial charge in [-0.05, 0) is 17.7 Å². The Morgan fingerprint density at radius 1 is 1.54 bits per heavy atom. The summed E-state index contributed by atoms with van der Waals surface area (Å²) >= 11 is 0. The number of nitrogens with two attached hydrogens (primary N) is 1. The summed E-state index contributed by atoms with van der Waals surface area (Å²) in [5.41, 5.74) is 5.64. The van der Waals surface area contributed by atoms with Crippen molar-refractivity contribution in [1.29, 1.82) is 0 Å². The van der Waals surface area contributed by atoms with Crippen LogP contribution in [0.5, 0.6) is 5.75 Å². The molecular weight excluding hydrogens is 170 g/mol. The highest BCUT2D eigenvalue weighted by Crippen LogP contribution is 2.12. The Morgan fingerprint density at radius 2 is 2.31 bits per heavy atom. The minimum Gasteiger partial charge on any atom is -0.484 e. The SMILES string of the molecule is NC(=O)COc1cccc(CO)c1. The average Bonchev–Trinajstić information content (AvgIpc) is 2.15. The van der Waals surface area contributed by atoms with Gasteiger partial charge in [-0.2, -0.15) is 0 Å². The second kappa shape index (κ2) is 4.47. The van der Waals surface area contributed by atoms with E-state index in [0.29, 0.717) is 5.75 Å². The molecule has 4 heteroatoms. The summed E-state index contributed by atoms with van der Waals surface area (Å²) in [6, 6.07) is 6.85. The Balaban J connectivity index is 2.61. The molecule has 0 bridgehead atoms. The van der Waals surface area contributed by atoms with E-state index in [1.165, 1.54) is 0 Å². The summed E-state index contributed by atoms with van der Waals surface area (Å²) in [6.07, 6.45) is 0. The van der Waals surface area contributed by atoms with Crippen molar-refractivity contribution in [2.75, 3.05) is 6.61 Å². The first-order valence-electron chi connectivity index (χ1n) is 3.83. The summed E-state index contributed by atoms with van der Waals surface area (Å²) in [4.78, 5) is 10.4. The van der Waals surface area contributed by atoms with E-state index in [1.54, 1.807) is 24.3 Å². The van der Waals surface area contributed by atoms with Gasteiger partial charge >= 0.3 is 0 Å². The van der Waals surface area contributed by atoms with E-state index in [-0.39, 0.29) is 13.2 Å². The second-order valence-corrected chi connectivity index (χ2v) is 2.56. The predicted molar refractivity (Wildman–Crippen MR) is 47.1 cm³/mol. The van der Waals surface area contributed by atoms with Crippen LogP contribution in [0.1, 0.15) is 5.56 Å². The molecule has 0 heterocycles. The summed E-state index contributed by atoms with van der Waals surface area (Å²) in [5, 5.41) is 8.79. The Bertz CT molecular complexity index is 299. The molecule has 1 aromatic rings. The number of rotatable bonds is 4. The van der Waals surface area contributed by atoms with Crippen molar-refractivity contribution in [3.63, 3.8) is 0 Å². The van der Waals surface area contributed by atoms with E-state index in [2.05, 4.69) is 0 Å². The number of carbonyl (C=O) groups is 1. The minimum atomic E-state index is -0.519. The third-order valence-corrected chi connectivity index (χ3v) is 1.46. The monoisotopic (exact) mass is 181 g/mol. The van der Waals surface area contributed by atoms with Gasteiger partial charge in [0.1, 0.15) is 5.75 Å². The number of hydrogen-bond acceptors (Lipinski definition) is 3. The molecule has 0 aliphatic rings. The fraction of sp³-hybridized carbons (Fsp3) is 0.222. The van der Waals surface area contributed by atoms with Crippen LogP contribution in [0.4, 0.5) is 0 Å². The maximum atomic E-state index is 10.4. The zero-order valence-corrected chi connectivity index (χ0v) is 7.06.